The Morgan fingerprint density at radius 3 is 2.50 bits per heavy atom. The number of rotatable bonds is 6. The first kappa shape index (κ1) is 18.6. The van der Waals surface area contributed by atoms with Crippen LogP contribution in [0.15, 0.2) is 6.20 Å². The van der Waals surface area contributed by atoms with E-state index in [-0.39, 0.29) is 29.8 Å². The van der Waals surface area contributed by atoms with Gasteiger partial charge in [-0.3, -0.25) is 9.59 Å². The minimum Gasteiger partial charge on any atom is -0.331 e. The Labute approximate surface area is 137 Å². The Balaban J connectivity index is 2.72. The van der Waals surface area contributed by atoms with Gasteiger partial charge in [-0.1, -0.05) is 27.7 Å². The van der Waals surface area contributed by atoms with Crippen LogP contribution < -0.4 is 5.32 Å². The number of nitrogens with one attached hydrogen (secondary N) is 1. The largest absolute Gasteiger partial charge is 0.331 e. The van der Waals surface area contributed by atoms with E-state index in [2.05, 4.69) is 10.3 Å². The number of carbonyl (C=O) groups excluding carboxylic acids is 2. The van der Waals surface area contributed by atoms with Gasteiger partial charge in [-0.15, -0.1) is 11.3 Å². The molecular weight excluding hydrogens is 298 g/mol. The first-order chi connectivity index (χ1) is 10.1. The topological polar surface area (TPSA) is 62.3 Å². The van der Waals surface area contributed by atoms with Gasteiger partial charge in [0.25, 0.3) is 0 Å². The molecule has 0 saturated carbocycles. The Kier molecular flexibility index (Phi) is 6.53. The van der Waals surface area contributed by atoms with E-state index in [1.165, 1.54) is 11.3 Å². The molecule has 0 aliphatic heterocycles. The fourth-order valence-corrected chi connectivity index (χ4v) is 2.67. The van der Waals surface area contributed by atoms with E-state index in [0.29, 0.717) is 11.6 Å². The van der Waals surface area contributed by atoms with Crippen molar-refractivity contribution in [1.29, 1.82) is 0 Å². The Morgan fingerprint density at radius 1 is 1.41 bits per heavy atom. The van der Waals surface area contributed by atoms with Crippen molar-refractivity contribution in [1.82, 2.24) is 9.88 Å². The maximum Gasteiger partial charge on any atom is 0.245 e. The fraction of sp³-hybridized carbons (Fsp3) is 0.688. The Bertz CT molecular complexity index is 520. The third-order valence-corrected chi connectivity index (χ3v) is 4.13. The fourth-order valence-electron chi connectivity index (χ4n) is 1.99. The molecule has 1 rings (SSSR count). The SMILES string of the molecule is CCC(C)N(CC(=O)Nc1ncc(C)s1)C(=O)CC(C)(C)C. The molecule has 22 heavy (non-hydrogen) atoms. The molecule has 1 heterocycles. The standard InChI is InChI=1S/C16H27N3O2S/c1-7-11(2)19(14(21)8-16(4,5)6)10-13(20)18-15-17-9-12(3)22-15/h9,11H,7-8,10H2,1-6H3,(H,17,18,20). The van der Waals surface area contributed by atoms with Crippen molar-refractivity contribution in [3.05, 3.63) is 11.1 Å². The summed E-state index contributed by atoms with van der Waals surface area (Å²) in [5.41, 5.74) is -0.0916. The van der Waals surface area contributed by atoms with Gasteiger partial charge in [0.15, 0.2) is 5.13 Å². The summed E-state index contributed by atoms with van der Waals surface area (Å²) in [7, 11) is 0. The number of aromatic nitrogens is 1. The van der Waals surface area contributed by atoms with E-state index in [1.54, 1.807) is 11.1 Å². The quantitative estimate of drug-likeness (QED) is 0.871. The van der Waals surface area contributed by atoms with Crippen LogP contribution in [0.2, 0.25) is 0 Å². The molecule has 1 unspecified atom stereocenters. The average Bonchev–Trinajstić information content (AvgIpc) is 2.78. The van der Waals surface area contributed by atoms with Crippen molar-refractivity contribution in [2.75, 3.05) is 11.9 Å². The summed E-state index contributed by atoms with van der Waals surface area (Å²) in [5.74, 6) is -0.177. The van der Waals surface area contributed by atoms with E-state index < -0.39 is 0 Å². The molecule has 1 atom stereocenters. The zero-order chi connectivity index (χ0) is 16.9. The maximum atomic E-state index is 12.5. The van der Waals surface area contributed by atoms with Gasteiger partial charge in [-0.2, -0.15) is 0 Å². The lowest BCUT2D eigenvalue weighted by molar-refractivity contribution is -0.138. The van der Waals surface area contributed by atoms with Gasteiger partial charge in [0.05, 0.1) is 0 Å². The monoisotopic (exact) mass is 325 g/mol. The zero-order valence-electron chi connectivity index (χ0n) is 14.4. The Morgan fingerprint density at radius 2 is 2.05 bits per heavy atom. The number of nitrogens with zero attached hydrogens (tertiary/aromatic N) is 2. The lowest BCUT2D eigenvalue weighted by Gasteiger charge is -2.30. The summed E-state index contributed by atoms with van der Waals surface area (Å²) >= 11 is 1.43. The highest BCUT2D eigenvalue weighted by Gasteiger charge is 2.26. The van der Waals surface area contributed by atoms with Crippen LogP contribution >= 0.6 is 11.3 Å². The normalized spacial score (nSPS) is 12.8. The predicted molar refractivity (Wildman–Crippen MR) is 91.0 cm³/mol. The van der Waals surface area contributed by atoms with Crippen molar-refractivity contribution < 1.29 is 9.59 Å². The first-order valence-corrected chi connectivity index (χ1v) is 8.45. The molecule has 6 heteroatoms. The van der Waals surface area contributed by atoms with E-state index in [9.17, 15) is 9.59 Å². The average molecular weight is 325 g/mol. The van der Waals surface area contributed by atoms with E-state index in [0.717, 1.165) is 11.3 Å². The van der Waals surface area contributed by atoms with Crippen LogP contribution in [-0.2, 0) is 9.59 Å². The van der Waals surface area contributed by atoms with E-state index in [4.69, 9.17) is 0 Å². The number of anilines is 1. The number of thiazole rings is 1. The number of amides is 2. The second-order valence-corrected chi connectivity index (χ2v) is 8.08. The molecule has 1 aromatic rings. The summed E-state index contributed by atoms with van der Waals surface area (Å²) in [6.07, 6.45) is 2.97. The molecule has 0 fully saturated rings. The zero-order valence-corrected chi connectivity index (χ0v) is 15.2. The number of hydrogen-bond acceptors (Lipinski definition) is 4. The predicted octanol–water partition coefficient (Wildman–Crippen LogP) is 3.45. The summed E-state index contributed by atoms with van der Waals surface area (Å²) < 4.78 is 0. The number of hydrogen-bond donors (Lipinski definition) is 1. The Hall–Kier alpha value is -1.43. The van der Waals surface area contributed by atoms with Crippen LogP contribution in [0, 0.1) is 12.3 Å². The molecule has 0 saturated heterocycles. The third kappa shape index (κ3) is 6.13. The van der Waals surface area contributed by atoms with Crippen LogP contribution in [0.4, 0.5) is 5.13 Å². The molecule has 1 aromatic heterocycles. The van der Waals surface area contributed by atoms with Gasteiger partial charge in [0.2, 0.25) is 11.8 Å². The van der Waals surface area contributed by atoms with E-state index in [1.807, 2.05) is 41.5 Å². The van der Waals surface area contributed by atoms with Gasteiger partial charge in [0.1, 0.15) is 6.54 Å². The van der Waals surface area contributed by atoms with Crippen LogP contribution in [0.25, 0.3) is 0 Å². The van der Waals surface area contributed by atoms with E-state index >= 15 is 0 Å². The molecule has 0 aromatic carbocycles. The molecule has 0 aliphatic carbocycles. The van der Waals surface area contributed by atoms with Gasteiger partial charge in [-0.25, -0.2) is 4.98 Å². The molecule has 5 nitrogen and oxygen atoms in total. The summed E-state index contributed by atoms with van der Waals surface area (Å²) in [6, 6.07) is 0.0404. The maximum absolute atomic E-state index is 12.5. The summed E-state index contributed by atoms with van der Waals surface area (Å²) in [4.78, 5) is 31.5. The highest BCUT2D eigenvalue weighted by molar-refractivity contribution is 7.15. The molecule has 1 N–H and O–H groups in total. The molecule has 0 bridgehead atoms. The van der Waals surface area contributed by atoms with Crippen LogP contribution in [0.5, 0.6) is 0 Å². The van der Waals surface area contributed by atoms with Crippen molar-refractivity contribution in [3.8, 4) is 0 Å². The summed E-state index contributed by atoms with van der Waals surface area (Å²) in [6.45, 7) is 12.1. The van der Waals surface area contributed by atoms with Crippen molar-refractivity contribution >= 4 is 28.3 Å². The highest BCUT2D eigenvalue weighted by Crippen LogP contribution is 2.21. The lowest BCUT2D eigenvalue weighted by Crippen LogP contribution is -2.44. The van der Waals surface area contributed by atoms with Crippen molar-refractivity contribution in [3.63, 3.8) is 0 Å². The van der Waals surface area contributed by atoms with Gasteiger partial charge in [-0.05, 0) is 25.7 Å². The molecule has 0 spiro atoms. The highest BCUT2D eigenvalue weighted by atomic mass is 32.1. The van der Waals surface area contributed by atoms with Crippen LogP contribution in [0.1, 0.15) is 52.3 Å². The lowest BCUT2D eigenvalue weighted by atomic mass is 9.91. The second-order valence-electron chi connectivity index (χ2n) is 6.84. The molecule has 124 valence electrons. The van der Waals surface area contributed by atoms with Crippen LogP contribution in [0.3, 0.4) is 0 Å². The van der Waals surface area contributed by atoms with Crippen LogP contribution in [-0.4, -0.2) is 34.3 Å². The van der Waals surface area contributed by atoms with Crippen molar-refractivity contribution in [2.24, 2.45) is 5.41 Å². The first-order valence-electron chi connectivity index (χ1n) is 7.64. The molecule has 0 radical (unpaired) electrons. The minimum absolute atomic E-state index is 0.0207. The van der Waals surface area contributed by atoms with Gasteiger partial charge < -0.3 is 10.2 Å². The molecule has 2 amide bonds. The number of carbonyl (C=O) groups is 2. The van der Waals surface area contributed by atoms with Gasteiger partial charge in [0, 0.05) is 23.5 Å². The third-order valence-electron chi connectivity index (χ3n) is 3.31. The molecule has 0 aliphatic rings. The number of aryl methyl sites for hydroxylation is 1. The minimum atomic E-state index is -0.197. The van der Waals surface area contributed by atoms with Gasteiger partial charge >= 0.3 is 0 Å². The second kappa shape index (κ2) is 7.72. The van der Waals surface area contributed by atoms with Crippen molar-refractivity contribution in [2.45, 2.75) is 60.4 Å². The smallest absolute Gasteiger partial charge is 0.245 e. The molecular formula is C16H27N3O2S. The summed E-state index contributed by atoms with van der Waals surface area (Å²) in [5, 5.41) is 3.34.